The molecule has 1 fully saturated rings. The molecule has 0 spiro atoms. The van der Waals surface area contributed by atoms with E-state index < -0.39 is 0 Å². The summed E-state index contributed by atoms with van der Waals surface area (Å²) in [7, 11) is 5.92. The molecule has 1 aromatic carbocycles. The molecule has 4 nitrogen and oxygen atoms in total. The lowest BCUT2D eigenvalue weighted by atomic mass is 10.0. The lowest BCUT2D eigenvalue weighted by Crippen LogP contribution is -2.44. The summed E-state index contributed by atoms with van der Waals surface area (Å²) in [4.78, 5) is 4.79. The van der Waals surface area contributed by atoms with Crippen LogP contribution in [-0.2, 0) is 6.54 Å². The molecule has 20 heavy (non-hydrogen) atoms. The first-order chi connectivity index (χ1) is 9.63. The van der Waals surface area contributed by atoms with E-state index in [1.165, 1.54) is 18.4 Å². The summed E-state index contributed by atoms with van der Waals surface area (Å²) >= 11 is 0. The first-order valence-electron chi connectivity index (χ1n) is 7.10. The van der Waals surface area contributed by atoms with Crippen LogP contribution in [-0.4, -0.2) is 50.1 Å². The van der Waals surface area contributed by atoms with Crippen molar-refractivity contribution >= 4 is 0 Å². The molecule has 2 rings (SSSR count). The average Bonchev–Trinajstić information content (AvgIpc) is 2.47. The summed E-state index contributed by atoms with van der Waals surface area (Å²) in [5.74, 6) is 0.672. The van der Waals surface area contributed by atoms with Gasteiger partial charge >= 0.3 is 0 Å². The quantitative estimate of drug-likeness (QED) is 0.842. The summed E-state index contributed by atoms with van der Waals surface area (Å²) < 4.78 is 5.28. The Balaban J connectivity index is 2.04. The van der Waals surface area contributed by atoms with Crippen LogP contribution < -0.4 is 4.74 Å². The van der Waals surface area contributed by atoms with Crippen molar-refractivity contribution in [2.75, 3.05) is 34.3 Å². The van der Waals surface area contributed by atoms with Crippen LogP contribution >= 0.6 is 0 Å². The zero-order valence-corrected chi connectivity index (χ0v) is 12.6. The molecule has 0 N–H and O–H groups in total. The molecule has 4 heteroatoms. The van der Waals surface area contributed by atoms with E-state index >= 15 is 0 Å². The second kappa shape index (κ2) is 6.74. The van der Waals surface area contributed by atoms with Crippen molar-refractivity contribution in [1.82, 2.24) is 9.80 Å². The van der Waals surface area contributed by atoms with Crippen LogP contribution in [0.15, 0.2) is 18.2 Å². The van der Waals surface area contributed by atoms with Crippen molar-refractivity contribution in [3.63, 3.8) is 0 Å². The third-order valence-electron chi connectivity index (χ3n) is 4.00. The van der Waals surface area contributed by atoms with Gasteiger partial charge in [0, 0.05) is 19.1 Å². The average molecular weight is 273 g/mol. The summed E-state index contributed by atoms with van der Waals surface area (Å²) in [5.41, 5.74) is 1.81. The molecule has 108 valence electrons. The topological polar surface area (TPSA) is 39.5 Å². The van der Waals surface area contributed by atoms with Crippen LogP contribution in [0.3, 0.4) is 0 Å². The smallest absolute Gasteiger partial charge is 0.136 e. The van der Waals surface area contributed by atoms with Crippen molar-refractivity contribution < 1.29 is 4.74 Å². The van der Waals surface area contributed by atoms with Gasteiger partial charge in [-0.15, -0.1) is 0 Å². The molecule has 0 amide bonds. The number of nitrogens with zero attached hydrogens (tertiary/aromatic N) is 3. The lowest BCUT2D eigenvalue weighted by Gasteiger charge is -2.36. The van der Waals surface area contributed by atoms with E-state index in [1.807, 2.05) is 18.2 Å². The van der Waals surface area contributed by atoms with Gasteiger partial charge < -0.3 is 9.64 Å². The Morgan fingerprint density at radius 3 is 2.90 bits per heavy atom. The standard InChI is InChI=1S/C16H23N3O/c1-18(2)15-5-4-8-19(12-15)11-13-6-7-14(10-17)16(9-13)20-3/h6-7,9,15H,4-5,8,11-12H2,1-3H3. The van der Waals surface area contributed by atoms with Crippen molar-refractivity contribution in [3.8, 4) is 11.8 Å². The van der Waals surface area contributed by atoms with E-state index in [1.54, 1.807) is 7.11 Å². The van der Waals surface area contributed by atoms with Crippen molar-refractivity contribution in [1.29, 1.82) is 5.26 Å². The van der Waals surface area contributed by atoms with Gasteiger partial charge in [-0.3, -0.25) is 4.90 Å². The Kier molecular flexibility index (Phi) is 4.99. The number of hydrogen-bond acceptors (Lipinski definition) is 4. The first-order valence-corrected chi connectivity index (χ1v) is 7.10. The number of nitriles is 1. The maximum absolute atomic E-state index is 9.01. The van der Waals surface area contributed by atoms with Crippen LogP contribution in [0.25, 0.3) is 0 Å². The minimum atomic E-state index is 0.598. The monoisotopic (exact) mass is 273 g/mol. The van der Waals surface area contributed by atoms with Gasteiger partial charge in [-0.25, -0.2) is 0 Å². The number of rotatable bonds is 4. The Morgan fingerprint density at radius 1 is 1.45 bits per heavy atom. The Hall–Kier alpha value is -1.57. The number of piperidine rings is 1. The summed E-state index contributed by atoms with van der Waals surface area (Å²) in [6.45, 7) is 3.17. The number of likely N-dealkylation sites (tertiary alicyclic amines) is 1. The molecule has 1 aromatic rings. The molecule has 1 aliphatic rings. The molecule has 0 aromatic heterocycles. The molecular formula is C16H23N3O. The van der Waals surface area contributed by atoms with Gasteiger partial charge in [-0.1, -0.05) is 6.07 Å². The molecule has 0 aliphatic carbocycles. The molecule has 1 aliphatic heterocycles. The van der Waals surface area contributed by atoms with Crippen molar-refractivity contribution in [2.45, 2.75) is 25.4 Å². The second-order valence-electron chi connectivity index (χ2n) is 5.64. The molecule has 1 unspecified atom stereocenters. The molecular weight excluding hydrogens is 250 g/mol. The molecule has 0 radical (unpaired) electrons. The first kappa shape index (κ1) is 14.8. The number of hydrogen-bond donors (Lipinski definition) is 0. The predicted molar refractivity (Wildman–Crippen MR) is 79.7 cm³/mol. The van der Waals surface area contributed by atoms with E-state index in [9.17, 15) is 0 Å². The largest absolute Gasteiger partial charge is 0.495 e. The van der Waals surface area contributed by atoms with Crippen LogP contribution in [0.4, 0.5) is 0 Å². The summed E-state index contributed by atoms with van der Waals surface area (Å²) in [6, 6.07) is 8.66. The van der Waals surface area contributed by atoms with E-state index in [2.05, 4.69) is 30.0 Å². The third kappa shape index (κ3) is 3.50. The molecule has 0 saturated carbocycles. The fourth-order valence-corrected chi connectivity index (χ4v) is 2.78. The highest BCUT2D eigenvalue weighted by Gasteiger charge is 2.21. The third-order valence-corrected chi connectivity index (χ3v) is 4.00. The van der Waals surface area contributed by atoms with Crippen molar-refractivity contribution in [3.05, 3.63) is 29.3 Å². The highest BCUT2D eigenvalue weighted by Crippen LogP contribution is 2.22. The summed E-state index contributed by atoms with van der Waals surface area (Å²) in [5, 5.41) is 9.01. The van der Waals surface area contributed by atoms with E-state index in [4.69, 9.17) is 10.00 Å². The van der Waals surface area contributed by atoms with Crippen LogP contribution in [0, 0.1) is 11.3 Å². The minimum Gasteiger partial charge on any atom is -0.495 e. The Morgan fingerprint density at radius 2 is 2.25 bits per heavy atom. The molecule has 1 saturated heterocycles. The van der Waals surface area contributed by atoms with Gasteiger partial charge in [0.15, 0.2) is 0 Å². The zero-order chi connectivity index (χ0) is 14.5. The Bertz CT molecular complexity index is 493. The molecule has 1 heterocycles. The van der Waals surface area contributed by atoms with Gasteiger partial charge in [-0.2, -0.15) is 5.26 Å². The normalized spacial score (nSPS) is 19.9. The number of likely N-dealkylation sites (N-methyl/N-ethyl adjacent to an activating group) is 1. The van der Waals surface area contributed by atoms with Crippen LogP contribution in [0.2, 0.25) is 0 Å². The van der Waals surface area contributed by atoms with Gasteiger partial charge in [0.2, 0.25) is 0 Å². The highest BCUT2D eigenvalue weighted by atomic mass is 16.5. The summed E-state index contributed by atoms with van der Waals surface area (Å²) in [6.07, 6.45) is 2.52. The SMILES string of the molecule is COc1cc(CN2CCCC(N(C)C)C2)ccc1C#N. The van der Waals surface area contributed by atoms with Crippen molar-refractivity contribution in [2.24, 2.45) is 0 Å². The van der Waals surface area contributed by atoms with E-state index in [-0.39, 0.29) is 0 Å². The maximum atomic E-state index is 9.01. The number of methoxy groups -OCH3 is 1. The van der Waals surface area contributed by atoms with Gasteiger partial charge in [0.05, 0.1) is 12.7 Å². The van der Waals surface area contributed by atoms with E-state index in [0.29, 0.717) is 17.4 Å². The predicted octanol–water partition coefficient (Wildman–Crippen LogP) is 2.09. The number of ether oxygens (including phenoxy) is 1. The fourth-order valence-electron chi connectivity index (χ4n) is 2.78. The molecule has 0 bridgehead atoms. The second-order valence-corrected chi connectivity index (χ2v) is 5.64. The minimum absolute atomic E-state index is 0.598. The molecule has 1 atom stereocenters. The maximum Gasteiger partial charge on any atom is 0.136 e. The van der Waals surface area contributed by atoms with Gasteiger partial charge in [0.1, 0.15) is 11.8 Å². The Labute approximate surface area is 121 Å². The van der Waals surface area contributed by atoms with E-state index in [0.717, 1.165) is 19.6 Å². The fraction of sp³-hybridized carbons (Fsp3) is 0.562. The van der Waals surface area contributed by atoms with Crippen LogP contribution in [0.5, 0.6) is 5.75 Å². The van der Waals surface area contributed by atoms with Crippen LogP contribution in [0.1, 0.15) is 24.0 Å². The van der Waals surface area contributed by atoms with Gasteiger partial charge in [0.25, 0.3) is 0 Å². The zero-order valence-electron chi connectivity index (χ0n) is 12.6. The highest BCUT2D eigenvalue weighted by molar-refractivity contribution is 5.45. The number of benzene rings is 1. The van der Waals surface area contributed by atoms with Gasteiger partial charge in [-0.05, 0) is 51.2 Å². The lowest BCUT2D eigenvalue weighted by molar-refractivity contribution is 0.128.